The Morgan fingerprint density at radius 2 is 1.00 bits per heavy atom. The van der Waals surface area contributed by atoms with E-state index in [0.29, 0.717) is 12.8 Å². The zero-order chi connectivity index (χ0) is 37.0. The maximum absolute atomic E-state index is 14.0. The number of nitrogens with zero attached hydrogens (tertiary/aromatic N) is 6. The van der Waals surface area contributed by atoms with E-state index in [2.05, 4.69) is 9.97 Å². The van der Waals surface area contributed by atoms with E-state index >= 15 is 0 Å². The lowest BCUT2D eigenvalue weighted by Crippen LogP contribution is -2.43. The molecule has 2 atom stereocenters. The third kappa shape index (κ3) is 8.09. The van der Waals surface area contributed by atoms with Gasteiger partial charge >= 0.3 is 6.16 Å². The van der Waals surface area contributed by atoms with Crippen LogP contribution in [-0.2, 0) is 35.4 Å². The highest BCUT2D eigenvalue weighted by Gasteiger charge is 2.38. The van der Waals surface area contributed by atoms with Gasteiger partial charge in [0.05, 0.1) is 57.7 Å². The Hall–Kier alpha value is -6.11. The summed E-state index contributed by atoms with van der Waals surface area (Å²) < 4.78 is 16.4. The monoisotopic (exact) mass is 704 g/mol. The van der Waals surface area contributed by atoms with Gasteiger partial charge in [0.2, 0.25) is 0 Å². The summed E-state index contributed by atoms with van der Waals surface area (Å²) in [6.45, 7) is 8.49. The van der Waals surface area contributed by atoms with Gasteiger partial charge in [-0.15, -0.1) is 0 Å². The van der Waals surface area contributed by atoms with E-state index in [4.69, 9.17) is 9.47 Å². The van der Waals surface area contributed by atoms with Crippen molar-refractivity contribution in [3.63, 3.8) is 0 Å². The van der Waals surface area contributed by atoms with Gasteiger partial charge in [-0.2, -0.15) is 0 Å². The molecule has 6 rings (SSSR count). The summed E-state index contributed by atoms with van der Waals surface area (Å²) in [5.74, 6) is 0. The molecule has 13 nitrogen and oxygen atoms in total. The molecule has 6 aromatic rings. The minimum Gasteiger partial charge on any atom is -0.428 e. The molecule has 0 saturated carbocycles. The van der Waals surface area contributed by atoms with Gasteiger partial charge in [0.1, 0.15) is 12.2 Å². The van der Waals surface area contributed by atoms with Gasteiger partial charge in [0.25, 0.3) is 11.4 Å². The molecule has 268 valence electrons. The Kier molecular flexibility index (Phi) is 10.0. The summed E-state index contributed by atoms with van der Waals surface area (Å²) in [6.07, 6.45) is 2.07. The zero-order valence-corrected chi connectivity index (χ0v) is 29.4. The van der Waals surface area contributed by atoms with Crippen molar-refractivity contribution in [3.8, 4) is 0 Å². The van der Waals surface area contributed by atoms with Crippen LogP contribution in [-0.4, -0.2) is 47.3 Å². The Morgan fingerprint density at radius 3 is 1.37 bits per heavy atom. The van der Waals surface area contributed by atoms with Crippen LogP contribution in [0.15, 0.2) is 110 Å². The fraction of sp³-hybridized carbons (Fsp3) is 0.308. The van der Waals surface area contributed by atoms with Crippen LogP contribution < -0.4 is 0 Å². The molecule has 0 radical (unpaired) electrons. The van der Waals surface area contributed by atoms with Crippen LogP contribution in [0.25, 0.3) is 22.1 Å². The Balaban J connectivity index is 1.29. The smallest absolute Gasteiger partial charge is 0.428 e. The quantitative estimate of drug-likeness (QED) is 0.0617. The fourth-order valence-electron chi connectivity index (χ4n) is 6.57. The summed E-state index contributed by atoms with van der Waals surface area (Å²) >= 11 is 0. The predicted molar refractivity (Wildman–Crippen MR) is 196 cm³/mol. The third-order valence-electron chi connectivity index (χ3n) is 9.61. The molecule has 2 heterocycles. The van der Waals surface area contributed by atoms with Crippen LogP contribution in [0, 0.1) is 31.1 Å². The molecule has 0 unspecified atom stereocenters. The lowest BCUT2D eigenvalue weighted by molar-refractivity contribution is -0.385. The van der Waals surface area contributed by atoms with E-state index in [1.807, 2.05) is 85.4 Å². The molecule has 0 saturated heterocycles. The van der Waals surface area contributed by atoms with Crippen LogP contribution in [0.2, 0.25) is 0 Å². The molecule has 52 heavy (non-hydrogen) atoms. The van der Waals surface area contributed by atoms with E-state index in [-0.39, 0.29) is 24.5 Å². The molecule has 0 spiro atoms. The van der Waals surface area contributed by atoms with Crippen molar-refractivity contribution in [1.29, 1.82) is 0 Å². The van der Waals surface area contributed by atoms with Gasteiger partial charge in [0.15, 0.2) is 0 Å². The summed E-state index contributed by atoms with van der Waals surface area (Å²) in [4.78, 5) is 44.8. The van der Waals surface area contributed by atoms with E-state index in [9.17, 15) is 25.0 Å². The van der Waals surface area contributed by atoms with Crippen molar-refractivity contribution in [2.45, 2.75) is 65.8 Å². The second-order valence-electron chi connectivity index (χ2n) is 14.4. The van der Waals surface area contributed by atoms with Crippen molar-refractivity contribution in [2.75, 3.05) is 0 Å². The van der Waals surface area contributed by atoms with E-state index < -0.39 is 39.0 Å². The number of fused-ring (bicyclic) bond motifs is 2. The number of nitro groups is 2. The minimum absolute atomic E-state index is 0.00382. The molecule has 0 bridgehead atoms. The van der Waals surface area contributed by atoms with E-state index in [0.717, 1.165) is 33.2 Å². The van der Waals surface area contributed by atoms with Gasteiger partial charge in [-0.3, -0.25) is 20.2 Å². The first-order chi connectivity index (χ1) is 24.8. The number of rotatable bonds is 14. The SMILES string of the molecule is CC(C)(Cc1ccc([N+](=O)[O-])cc1)[C@@H](Cn1cnc2ccccc21)OC(=O)O[C@H](Cn1cnc2ccccc21)C(C)(C)Cc1ccc([N+](=O)[O-])cc1. The van der Waals surface area contributed by atoms with Crippen LogP contribution >= 0.6 is 0 Å². The molecule has 4 aromatic carbocycles. The standard InChI is InChI=1S/C39H40N6O7/c1-38(2,21-27-13-17-29(18-14-27)44(47)48)35(23-42-25-40-31-9-5-7-11-33(31)42)51-37(46)52-36(24-43-26-41-32-10-6-8-12-34(32)43)39(3,4)22-28-15-19-30(20-16-28)45(49)50/h5-20,25-26,35-36H,21-24H2,1-4H3/t35-,36-/m1/s1. The zero-order valence-electron chi connectivity index (χ0n) is 29.4. The number of non-ortho nitro benzene ring substituents is 2. The van der Waals surface area contributed by atoms with Gasteiger partial charge in [-0.25, -0.2) is 14.8 Å². The fourth-order valence-corrected chi connectivity index (χ4v) is 6.57. The molecule has 0 aliphatic rings. The number of nitro benzene ring substituents is 2. The van der Waals surface area contributed by atoms with Crippen LogP contribution in [0.3, 0.4) is 0 Å². The summed E-state index contributed by atoms with van der Waals surface area (Å²) in [6, 6.07) is 28.1. The van der Waals surface area contributed by atoms with Gasteiger partial charge in [-0.1, -0.05) is 76.2 Å². The van der Waals surface area contributed by atoms with Crippen molar-refractivity contribution >= 4 is 39.6 Å². The first-order valence-electron chi connectivity index (χ1n) is 16.9. The number of aromatic nitrogens is 4. The normalized spacial score (nSPS) is 13.2. The van der Waals surface area contributed by atoms with Crippen molar-refractivity contribution in [1.82, 2.24) is 19.1 Å². The van der Waals surface area contributed by atoms with Crippen molar-refractivity contribution < 1.29 is 24.1 Å². The van der Waals surface area contributed by atoms with Crippen LogP contribution in [0.5, 0.6) is 0 Å². The molecule has 0 N–H and O–H groups in total. The van der Waals surface area contributed by atoms with Gasteiger partial charge < -0.3 is 18.6 Å². The second-order valence-corrected chi connectivity index (χ2v) is 14.4. The Labute approximate surface area is 300 Å². The Bertz CT molecular complexity index is 2050. The molecule has 0 fully saturated rings. The molecule has 0 amide bonds. The molecule has 0 aliphatic heterocycles. The Morgan fingerprint density at radius 1 is 0.635 bits per heavy atom. The number of ether oxygens (including phenoxy) is 2. The number of carbonyl (C=O) groups is 1. The average Bonchev–Trinajstić information content (AvgIpc) is 3.72. The maximum Gasteiger partial charge on any atom is 0.508 e. The molecule has 0 aliphatic carbocycles. The number of benzene rings is 4. The second kappa shape index (κ2) is 14.6. The average molecular weight is 705 g/mol. The molecule has 2 aromatic heterocycles. The van der Waals surface area contributed by atoms with Gasteiger partial charge in [-0.05, 0) is 48.2 Å². The van der Waals surface area contributed by atoms with Crippen molar-refractivity contribution in [2.24, 2.45) is 10.8 Å². The number of hydrogen-bond acceptors (Lipinski definition) is 9. The number of imidazole rings is 2. The number of hydrogen-bond donors (Lipinski definition) is 0. The lowest BCUT2D eigenvalue weighted by atomic mass is 9.80. The highest BCUT2D eigenvalue weighted by molar-refractivity contribution is 5.75. The van der Waals surface area contributed by atoms with Crippen LogP contribution in [0.1, 0.15) is 38.8 Å². The maximum atomic E-state index is 14.0. The lowest BCUT2D eigenvalue weighted by Gasteiger charge is -2.37. The first-order valence-corrected chi connectivity index (χ1v) is 16.9. The minimum atomic E-state index is -0.850. The summed E-state index contributed by atoms with van der Waals surface area (Å²) in [7, 11) is 0. The topological polar surface area (TPSA) is 157 Å². The number of para-hydroxylation sites is 4. The number of carbonyl (C=O) groups excluding carboxylic acids is 1. The summed E-state index contributed by atoms with van der Waals surface area (Å²) in [5.41, 5.74) is 3.73. The molecular weight excluding hydrogens is 664 g/mol. The predicted octanol–water partition coefficient (Wildman–Crippen LogP) is 8.33. The van der Waals surface area contributed by atoms with E-state index in [1.54, 1.807) is 36.9 Å². The van der Waals surface area contributed by atoms with E-state index in [1.165, 1.54) is 24.3 Å². The largest absolute Gasteiger partial charge is 0.508 e. The highest BCUT2D eigenvalue weighted by atomic mass is 16.7. The molecular formula is C39H40N6O7. The first kappa shape index (κ1) is 35.7. The van der Waals surface area contributed by atoms with Crippen LogP contribution in [0.4, 0.5) is 16.2 Å². The van der Waals surface area contributed by atoms with Gasteiger partial charge in [0, 0.05) is 35.1 Å². The molecule has 13 heteroatoms. The third-order valence-corrected chi connectivity index (χ3v) is 9.61. The van der Waals surface area contributed by atoms with Crippen molar-refractivity contribution in [3.05, 3.63) is 141 Å². The highest BCUT2D eigenvalue weighted by Crippen LogP contribution is 2.34. The summed E-state index contributed by atoms with van der Waals surface area (Å²) in [5, 5.41) is 22.5.